The van der Waals surface area contributed by atoms with Gasteiger partial charge in [-0.15, -0.1) is 0 Å². The van der Waals surface area contributed by atoms with E-state index in [0.29, 0.717) is 28.6 Å². The highest BCUT2D eigenvalue weighted by molar-refractivity contribution is 5.60. The number of benzene rings is 1. The summed E-state index contributed by atoms with van der Waals surface area (Å²) < 4.78 is 18.1. The molecule has 1 unspecified atom stereocenters. The second kappa shape index (κ2) is 7.83. The zero-order chi connectivity index (χ0) is 17.6. The molecule has 0 bridgehead atoms. The molecule has 6 heteroatoms. The number of nitrogens with zero attached hydrogens (tertiary/aromatic N) is 2. The average molecular weight is 340 g/mol. The van der Waals surface area contributed by atoms with E-state index in [-0.39, 0.29) is 6.61 Å². The Morgan fingerprint density at radius 1 is 1.00 bits per heavy atom. The number of ether oxygens (including phenoxy) is 1. The van der Waals surface area contributed by atoms with Crippen LogP contribution in [-0.4, -0.2) is 26.8 Å². The minimum atomic E-state index is -0.998. The Morgan fingerprint density at radius 3 is 2.40 bits per heavy atom. The van der Waals surface area contributed by atoms with Crippen LogP contribution in [0.4, 0.5) is 4.39 Å². The summed E-state index contributed by atoms with van der Waals surface area (Å²) >= 11 is 0. The minimum absolute atomic E-state index is 0.360. The van der Waals surface area contributed by atoms with Crippen molar-refractivity contribution in [1.29, 1.82) is 0 Å². The number of pyridine rings is 2. The van der Waals surface area contributed by atoms with Crippen LogP contribution >= 0.6 is 0 Å². The van der Waals surface area contributed by atoms with E-state index in [2.05, 4.69) is 9.97 Å². The Balaban J connectivity index is 1.75. The summed E-state index contributed by atoms with van der Waals surface area (Å²) in [5, 5.41) is 18.7. The topological polar surface area (TPSA) is 75.5 Å². The molecular weight excluding hydrogens is 323 g/mol. The summed E-state index contributed by atoms with van der Waals surface area (Å²) in [7, 11) is 0. The predicted molar refractivity (Wildman–Crippen MR) is 90.8 cm³/mol. The molecule has 3 aromatic rings. The standard InChI is InChI=1S/C19H17FN2O3/c20-10-14-6-9-16(11-21-14)25-15-7-4-13(5-8-15)17-2-1-3-18(22-17)19(24)12-23/h1-9,11,19,23-24H,10,12H2. The van der Waals surface area contributed by atoms with Crippen LogP contribution in [0.15, 0.2) is 60.8 Å². The maximum absolute atomic E-state index is 12.5. The molecule has 0 aliphatic heterocycles. The highest BCUT2D eigenvalue weighted by atomic mass is 19.1. The highest BCUT2D eigenvalue weighted by Gasteiger charge is 2.09. The van der Waals surface area contributed by atoms with Gasteiger partial charge in [0.05, 0.1) is 29.9 Å². The predicted octanol–water partition coefficient (Wildman–Crippen LogP) is 3.43. The van der Waals surface area contributed by atoms with Crippen molar-refractivity contribution in [3.63, 3.8) is 0 Å². The summed E-state index contributed by atoms with van der Waals surface area (Å²) in [6, 6.07) is 15.8. The first-order valence-electron chi connectivity index (χ1n) is 7.74. The Labute approximate surface area is 144 Å². The van der Waals surface area contributed by atoms with Gasteiger partial charge in [-0.1, -0.05) is 6.07 Å². The molecule has 0 spiro atoms. The molecule has 5 nitrogen and oxygen atoms in total. The van der Waals surface area contributed by atoms with Crippen molar-refractivity contribution >= 4 is 0 Å². The molecule has 2 N–H and O–H groups in total. The minimum Gasteiger partial charge on any atom is -0.456 e. The zero-order valence-electron chi connectivity index (χ0n) is 13.3. The summed E-state index contributed by atoms with van der Waals surface area (Å²) in [5.74, 6) is 1.14. The van der Waals surface area contributed by atoms with E-state index >= 15 is 0 Å². The summed E-state index contributed by atoms with van der Waals surface area (Å²) in [4.78, 5) is 8.29. The summed E-state index contributed by atoms with van der Waals surface area (Å²) in [5.41, 5.74) is 2.31. The monoisotopic (exact) mass is 340 g/mol. The molecule has 0 radical (unpaired) electrons. The fourth-order valence-corrected chi connectivity index (χ4v) is 2.27. The van der Waals surface area contributed by atoms with Gasteiger partial charge in [0.1, 0.15) is 24.3 Å². The van der Waals surface area contributed by atoms with Crippen molar-refractivity contribution in [3.05, 3.63) is 72.2 Å². The number of aliphatic hydroxyl groups is 2. The second-order valence-electron chi connectivity index (χ2n) is 5.39. The van der Waals surface area contributed by atoms with Crippen molar-refractivity contribution < 1.29 is 19.3 Å². The van der Waals surface area contributed by atoms with Crippen molar-refractivity contribution in [2.45, 2.75) is 12.8 Å². The smallest absolute Gasteiger partial charge is 0.145 e. The number of hydrogen-bond acceptors (Lipinski definition) is 5. The number of rotatable bonds is 6. The maximum Gasteiger partial charge on any atom is 0.145 e. The van der Waals surface area contributed by atoms with Gasteiger partial charge in [0.15, 0.2) is 0 Å². The van der Waals surface area contributed by atoms with Gasteiger partial charge in [-0.3, -0.25) is 4.98 Å². The van der Waals surface area contributed by atoms with E-state index in [0.717, 1.165) is 5.56 Å². The van der Waals surface area contributed by atoms with Crippen LogP contribution in [0.1, 0.15) is 17.5 Å². The van der Waals surface area contributed by atoms with Gasteiger partial charge in [-0.25, -0.2) is 9.37 Å². The van der Waals surface area contributed by atoms with Crippen molar-refractivity contribution in [2.24, 2.45) is 0 Å². The van der Waals surface area contributed by atoms with E-state index in [9.17, 15) is 9.50 Å². The molecule has 2 aromatic heterocycles. The molecule has 0 saturated carbocycles. The van der Waals surface area contributed by atoms with Crippen LogP contribution in [0.5, 0.6) is 11.5 Å². The first-order chi connectivity index (χ1) is 12.2. The zero-order valence-corrected chi connectivity index (χ0v) is 13.3. The fourth-order valence-electron chi connectivity index (χ4n) is 2.27. The third-order valence-electron chi connectivity index (χ3n) is 3.61. The van der Waals surface area contributed by atoms with E-state index in [1.807, 2.05) is 18.2 Å². The van der Waals surface area contributed by atoms with Crippen LogP contribution in [0.25, 0.3) is 11.3 Å². The molecule has 0 amide bonds. The van der Waals surface area contributed by atoms with E-state index in [4.69, 9.17) is 9.84 Å². The molecular formula is C19H17FN2O3. The number of alkyl halides is 1. The maximum atomic E-state index is 12.5. The number of halogens is 1. The van der Waals surface area contributed by atoms with Crippen LogP contribution in [0.2, 0.25) is 0 Å². The third-order valence-corrected chi connectivity index (χ3v) is 3.61. The van der Waals surface area contributed by atoms with Crippen LogP contribution in [-0.2, 0) is 6.67 Å². The normalized spacial score (nSPS) is 12.0. The molecule has 3 rings (SSSR count). The van der Waals surface area contributed by atoms with Crippen molar-refractivity contribution in [3.8, 4) is 22.8 Å². The van der Waals surface area contributed by atoms with E-state index in [1.165, 1.54) is 6.20 Å². The van der Waals surface area contributed by atoms with E-state index < -0.39 is 12.8 Å². The Morgan fingerprint density at radius 2 is 1.76 bits per heavy atom. The van der Waals surface area contributed by atoms with Gasteiger partial charge < -0.3 is 14.9 Å². The number of aliphatic hydroxyl groups excluding tert-OH is 2. The highest BCUT2D eigenvalue weighted by Crippen LogP contribution is 2.25. The molecule has 0 aliphatic carbocycles. The van der Waals surface area contributed by atoms with Gasteiger partial charge >= 0.3 is 0 Å². The number of aromatic nitrogens is 2. The Hall–Kier alpha value is -2.83. The van der Waals surface area contributed by atoms with Crippen LogP contribution in [0, 0.1) is 0 Å². The lowest BCUT2D eigenvalue weighted by Gasteiger charge is -2.09. The lowest BCUT2D eigenvalue weighted by molar-refractivity contribution is 0.0923. The quantitative estimate of drug-likeness (QED) is 0.719. The largest absolute Gasteiger partial charge is 0.456 e. The third kappa shape index (κ3) is 4.17. The second-order valence-corrected chi connectivity index (χ2v) is 5.39. The van der Waals surface area contributed by atoms with E-state index in [1.54, 1.807) is 36.4 Å². The lowest BCUT2D eigenvalue weighted by Crippen LogP contribution is -2.05. The molecule has 0 saturated heterocycles. The summed E-state index contributed by atoms with van der Waals surface area (Å²) in [6.07, 6.45) is 0.478. The molecule has 1 aromatic carbocycles. The lowest BCUT2D eigenvalue weighted by atomic mass is 10.1. The first-order valence-corrected chi connectivity index (χ1v) is 7.74. The fraction of sp³-hybridized carbons (Fsp3) is 0.158. The SMILES string of the molecule is OCC(O)c1cccc(-c2ccc(Oc3ccc(CF)nc3)cc2)n1. The molecule has 1 atom stereocenters. The molecule has 0 aliphatic rings. The van der Waals surface area contributed by atoms with Gasteiger partial charge in [-0.05, 0) is 48.5 Å². The summed E-state index contributed by atoms with van der Waals surface area (Å²) in [6.45, 7) is -0.982. The van der Waals surface area contributed by atoms with Crippen LogP contribution in [0.3, 0.4) is 0 Å². The average Bonchev–Trinajstić information content (AvgIpc) is 2.68. The van der Waals surface area contributed by atoms with Gasteiger partial charge in [0, 0.05) is 5.56 Å². The Kier molecular flexibility index (Phi) is 5.33. The van der Waals surface area contributed by atoms with Gasteiger partial charge in [0.25, 0.3) is 0 Å². The first kappa shape index (κ1) is 17.0. The molecule has 25 heavy (non-hydrogen) atoms. The van der Waals surface area contributed by atoms with Crippen molar-refractivity contribution in [2.75, 3.05) is 6.61 Å². The van der Waals surface area contributed by atoms with Gasteiger partial charge in [-0.2, -0.15) is 0 Å². The van der Waals surface area contributed by atoms with Crippen LogP contribution < -0.4 is 4.74 Å². The Bertz CT molecular complexity index is 823. The molecule has 0 fully saturated rings. The van der Waals surface area contributed by atoms with Crippen molar-refractivity contribution in [1.82, 2.24) is 9.97 Å². The van der Waals surface area contributed by atoms with Gasteiger partial charge in [0.2, 0.25) is 0 Å². The molecule has 128 valence electrons. The molecule has 2 heterocycles. The number of hydrogen-bond donors (Lipinski definition) is 2.